The highest BCUT2D eigenvalue weighted by molar-refractivity contribution is 5.82. The molecule has 0 aliphatic heterocycles. The molecule has 0 aliphatic carbocycles. The molecule has 0 bridgehead atoms. The van der Waals surface area contributed by atoms with Crippen LogP contribution in [0.1, 0.15) is 0 Å². The zero-order valence-electron chi connectivity index (χ0n) is 11.6. The number of rotatable bonds is 3. The van der Waals surface area contributed by atoms with Crippen molar-refractivity contribution in [1.29, 1.82) is 0 Å². The molecule has 1 heterocycles. The van der Waals surface area contributed by atoms with Crippen molar-refractivity contribution in [3.63, 3.8) is 0 Å². The summed E-state index contributed by atoms with van der Waals surface area (Å²) in [5, 5.41) is 10.7. The average molecular weight is 283 g/mol. The van der Waals surface area contributed by atoms with Gasteiger partial charge in [0.15, 0.2) is 0 Å². The molecule has 0 saturated heterocycles. The summed E-state index contributed by atoms with van der Waals surface area (Å²) in [5.74, 6) is 1.50. The van der Waals surface area contributed by atoms with Gasteiger partial charge < -0.3 is 9.30 Å². The van der Waals surface area contributed by atoms with Crippen molar-refractivity contribution in [1.82, 2.24) is 9.55 Å². The third-order valence-corrected chi connectivity index (χ3v) is 3.42. The number of nitro groups is 1. The van der Waals surface area contributed by atoms with Crippen LogP contribution in [-0.2, 0) is 7.05 Å². The molecule has 0 N–H and O–H groups in total. The average Bonchev–Trinajstić information content (AvgIpc) is 2.83. The summed E-state index contributed by atoms with van der Waals surface area (Å²) in [5.41, 5.74) is 2.70. The SMILES string of the molecule is COc1ccc2c(c1)nc(-c1ccc([N+](=O)[O-])cc1)n2C. The summed E-state index contributed by atoms with van der Waals surface area (Å²) < 4.78 is 7.15. The highest BCUT2D eigenvalue weighted by Gasteiger charge is 2.12. The van der Waals surface area contributed by atoms with Crippen LogP contribution in [0.5, 0.6) is 5.75 Å². The first-order chi connectivity index (χ1) is 10.1. The number of non-ortho nitro benzene ring substituents is 1. The van der Waals surface area contributed by atoms with E-state index in [-0.39, 0.29) is 5.69 Å². The second-order valence-corrected chi connectivity index (χ2v) is 4.65. The number of aryl methyl sites for hydroxylation is 1. The van der Waals surface area contributed by atoms with Gasteiger partial charge in [0, 0.05) is 30.8 Å². The van der Waals surface area contributed by atoms with Crippen LogP contribution < -0.4 is 4.74 Å². The lowest BCUT2D eigenvalue weighted by Gasteiger charge is -2.02. The molecular formula is C15H13N3O3. The van der Waals surface area contributed by atoms with Crippen LogP contribution in [0.2, 0.25) is 0 Å². The number of methoxy groups -OCH3 is 1. The Morgan fingerprint density at radius 1 is 1.19 bits per heavy atom. The fourth-order valence-corrected chi connectivity index (χ4v) is 2.30. The molecule has 1 aromatic heterocycles. The van der Waals surface area contributed by atoms with E-state index in [9.17, 15) is 10.1 Å². The molecule has 0 radical (unpaired) electrons. The molecule has 3 rings (SSSR count). The summed E-state index contributed by atoms with van der Waals surface area (Å²) in [7, 11) is 3.53. The quantitative estimate of drug-likeness (QED) is 0.547. The number of benzene rings is 2. The van der Waals surface area contributed by atoms with Crippen LogP contribution in [0, 0.1) is 10.1 Å². The zero-order valence-corrected chi connectivity index (χ0v) is 11.6. The van der Waals surface area contributed by atoms with Gasteiger partial charge in [-0.1, -0.05) is 0 Å². The number of aromatic nitrogens is 2. The molecule has 21 heavy (non-hydrogen) atoms. The summed E-state index contributed by atoms with van der Waals surface area (Å²) in [4.78, 5) is 14.9. The zero-order chi connectivity index (χ0) is 15.0. The molecule has 0 aliphatic rings. The van der Waals surface area contributed by atoms with Gasteiger partial charge in [0.05, 0.1) is 23.1 Å². The van der Waals surface area contributed by atoms with Crippen molar-refractivity contribution in [3.8, 4) is 17.1 Å². The predicted molar refractivity (Wildman–Crippen MR) is 79.4 cm³/mol. The minimum atomic E-state index is -0.413. The molecular weight excluding hydrogens is 270 g/mol. The number of nitrogens with zero attached hydrogens (tertiary/aromatic N) is 3. The fraction of sp³-hybridized carbons (Fsp3) is 0.133. The van der Waals surface area contributed by atoms with Gasteiger partial charge in [-0.05, 0) is 24.3 Å². The van der Waals surface area contributed by atoms with E-state index in [2.05, 4.69) is 4.98 Å². The van der Waals surface area contributed by atoms with E-state index < -0.39 is 4.92 Å². The highest BCUT2D eigenvalue weighted by Crippen LogP contribution is 2.27. The lowest BCUT2D eigenvalue weighted by molar-refractivity contribution is -0.384. The molecule has 6 heteroatoms. The maximum atomic E-state index is 10.7. The number of fused-ring (bicyclic) bond motifs is 1. The van der Waals surface area contributed by atoms with Gasteiger partial charge in [-0.15, -0.1) is 0 Å². The molecule has 0 saturated carbocycles. The third kappa shape index (κ3) is 2.20. The van der Waals surface area contributed by atoms with Crippen molar-refractivity contribution >= 4 is 16.7 Å². The number of hydrogen-bond donors (Lipinski definition) is 0. The molecule has 0 atom stereocenters. The molecule has 2 aromatic carbocycles. The van der Waals surface area contributed by atoms with E-state index in [4.69, 9.17) is 4.74 Å². The van der Waals surface area contributed by atoms with E-state index in [1.54, 1.807) is 19.2 Å². The minimum Gasteiger partial charge on any atom is -0.497 e. The molecule has 0 unspecified atom stereocenters. The summed E-state index contributed by atoms with van der Waals surface area (Å²) in [6.45, 7) is 0. The van der Waals surface area contributed by atoms with Crippen LogP contribution in [0.3, 0.4) is 0 Å². The van der Waals surface area contributed by atoms with Crippen molar-refractivity contribution in [2.24, 2.45) is 7.05 Å². The highest BCUT2D eigenvalue weighted by atomic mass is 16.6. The summed E-state index contributed by atoms with van der Waals surface area (Å²) >= 11 is 0. The van der Waals surface area contributed by atoms with Gasteiger partial charge in [-0.3, -0.25) is 10.1 Å². The number of hydrogen-bond acceptors (Lipinski definition) is 4. The lowest BCUT2D eigenvalue weighted by atomic mass is 10.2. The first-order valence-electron chi connectivity index (χ1n) is 6.35. The van der Waals surface area contributed by atoms with E-state index in [0.29, 0.717) is 0 Å². The van der Waals surface area contributed by atoms with E-state index >= 15 is 0 Å². The minimum absolute atomic E-state index is 0.0687. The van der Waals surface area contributed by atoms with Gasteiger partial charge >= 0.3 is 0 Å². The van der Waals surface area contributed by atoms with Gasteiger partial charge in [0.2, 0.25) is 0 Å². The Bertz CT molecular complexity index is 822. The second kappa shape index (κ2) is 4.90. The topological polar surface area (TPSA) is 70.2 Å². The molecule has 0 spiro atoms. The maximum Gasteiger partial charge on any atom is 0.269 e. The van der Waals surface area contributed by atoms with E-state index in [0.717, 1.165) is 28.2 Å². The first-order valence-corrected chi connectivity index (χ1v) is 6.35. The molecule has 0 fully saturated rings. The number of ether oxygens (including phenoxy) is 1. The van der Waals surface area contributed by atoms with Crippen molar-refractivity contribution in [2.75, 3.05) is 7.11 Å². The van der Waals surface area contributed by atoms with Crippen LogP contribution >= 0.6 is 0 Å². The maximum absolute atomic E-state index is 10.7. The van der Waals surface area contributed by atoms with Gasteiger partial charge in [-0.25, -0.2) is 4.98 Å². The lowest BCUT2D eigenvalue weighted by Crippen LogP contribution is -1.93. The Morgan fingerprint density at radius 2 is 1.90 bits per heavy atom. The Hall–Kier alpha value is -2.89. The van der Waals surface area contributed by atoms with Crippen molar-refractivity contribution in [2.45, 2.75) is 0 Å². The Morgan fingerprint density at radius 3 is 2.52 bits per heavy atom. The Kier molecular flexibility index (Phi) is 3.06. The number of imidazole rings is 1. The predicted octanol–water partition coefficient (Wildman–Crippen LogP) is 3.16. The van der Waals surface area contributed by atoms with Crippen molar-refractivity contribution in [3.05, 3.63) is 52.6 Å². The normalized spacial score (nSPS) is 10.8. The fourth-order valence-electron chi connectivity index (χ4n) is 2.30. The van der Waals surface area contributed by atoms with Crippen LogP contribution in [-0.4, -0.2) is 21.6 Å². The van der Waals surface area contributed by atoms with Crippen molar-refractivity contribution < 1.29 is 9.66 Å². The molecule has 0 amide bonds. The van der Waals surface area contributed by atoms with E-state index in [1.807, 2.05) is 29.8 Å². The monoisotopic (exact) mass is 283 g/mol. The smallest absolute Gasteiger partial charge is 0.269 e. The molecule has 106 valence electrons. The summed E-state index contributed by atoms with van der Waals surface area (Å²) in [6, 6.07) is 12.1. The van der Waals surface area contributed by atoms with Crippen LogP contribution in [0.25, 0.3) is 22.4 Å². The van der Waals surface area contributed by atoms with Crippen LogP contribution in [0.15, 0.2) is 42.5 Å². The van der Waals surface area contributed by atoms with Crippen LogP contribution in [0.4, 0.5) is 5.69 Å². The Labute approximate surface area is 120 Å². The second-order valence-electron chi connectivity index (χ2n) is 4.65. The first kappa shape index (κ1) is 13.1. The van der Waals surface area contributed by atoms with E-state index in [1.165, 1.54) is 12.1 Å². The third-order valence-electron chi connectivity index (χ3n) is 3.42. The van der Waals surface area contributed by atoms with Gasteiger partial charge in [-0.2, -0.15) is 0 Å². The number of nitro benzene ring substituents is 1. The largest absolute Gasteiger partial charge is 0.497 e. The van der Waals surface area contributed by atoms with Gasteiger partial charge in [0.25, 0.3) is 5.69 Å². The van der Waals surface area contributed by atoms with Gasteiger partial charge in [0.1, 0.15) is 11.6 Å². The summed E-state index contributed by atoms with van der Waals surface area (Å²) in [6.07, 6.45) is 0. The standard InChI is InChI=1S/C15H13N3O3/c1-17-14-8-7-12(21-2)9-13(14)16-15(17)10-3-5-11(6-4-10)18(19)20/h3-9H,1-2H3. The molecule has 3 aromatic rings. The Balaban J connectivity index is 2.11. The molecule has 6 nitrogen and oxygen atoms in total.